The number of benzene rings is 1. The Labute approximate surface area is 124 Å². The molecule has 0 aliphatic rings. The first kappa shape index (κ1) is 15.5. The lowest BCUT2D eigenvalue weighted by Crippen LogP contribution is -2.34. The average molecular weight is 380 g/mol. The van der Waals surface area contributed by atoms with Crippen LogP contribution in [0.5, 0.6) is 5.75 Å². The molecule has 0 saturated carbocycles. The van der Waals surface area contributed by atoms with Crippen LogP contribution in [0.25, 0.3) is 0 Å². The van der Waals surface area contributed by atoms with Gasteiger partial charge in [0.2, 0.25) is 5.91 Å². The van der Waals surface area contributed by atoms with Crippen LogP contribution < -0.4 is 0 Å². The SMILES string of the molecule is CN(CC(=O)N(C)C)Cc1cc(Br)c(O)c(Br)c1. The smallest absolute Gasteiger partial charge is 0.236 e. The van der Waals surface area contributed by atoms with Crippen LogP contribution in [0.15, 0.2) is 21.1 Å². The fourth-order valence-electron chi connectivity index (χ4n) is 1.45. The molecule has 1 N–H and O–H groups in total. The van der Waals surface area contributed by atoms with Crippen molar-refractivity contribution in [2.75, 3.05) is 27.7 Å². The van der Waals surface area contributed by atoms with Crippen LogP contribution in [0.1, 0.15) is 5.56 Å². The maximum Gasteiger partial charge on any atom is 0.236 e. The molecule has 1 amide bonds. The molecule has 6 heteroatoms. The van der Waals surface area contributed by atoms with E-state index in [2.05, 4.69) is 31.9 Å². The number of aromatic hydroxyl groups is 1. The summed E-state index contributed by atoms with van der Waals surface area (Å²) in [6.07, 6.45) is 0. The zero-order valence-corrected chi connectivity index (χ0v) is 13.7. The second-order valence-corrected chi connectivity index (χ2v) is 6.08. The Kier molecular flexibility index (Phi) is 5.62. The zero-order valence-electron chi connectivity index (χ0n) is 10.6. The van der Waals surface area contributed by atoms with E-state index >= 15 is 0 Å². The molecule has 1 aromatic carbocycles. The van der Waals surface area contributed by atoms with Gasteiger partial charge in [0.25, 0.3) is 0 Å². The second-order valence-electron chi connectivity index (χ2n) is 4.37. The largest absolute Gasteiger partial charge is 0.506 e. The lowest BCUT2D eigenvalue weighted by Gasteiger charge is -2.19. The number of carbonyl (C=O) groups is 1. The highest BCUT2D eigenvalue weighted by molar-refractivity contribution is 9.11. The van der Waals surface area contributed by atoms with Gasteiger partial charge in [-0.3, -0.25) is 9.69 Å². The van der Waals surface area contributed by atoms with Crippen molar-refractivity contribution in [2.45, 2.75) is 6.54 Å². The molecule has 0 aromatic heterocycles. The standard InChI is InChI=1S/C12H16Br2N2O2/c1-15(2)11(17)7-16(3)6-8-4-9(13)12(18)10(14)5-8/h4-5,18H,6-7H2,1-3H3. The van der Waals surface area contributed by atoms with Gasteiger partial charge in [-0.1, -0.05) is 0 Å². The third kappa shape index (κ3) is 4.26. The van der Waals surface area contributed by atoms with Gasteiger partial charge in [0.05, 0.1) is 15.5 Å². The number of halogens is 2. The highest BCUT2D eigenvalue weighted by atomic mass is 79.9. The predicted molar refractivity (Wildman–Crippen MR) is 78.5 cm³/mol. The summed E-state index contributed by atoms with van der Waals surface area (Å²) in [7, 11) is 5.36. The van der Waals surface area contributed by atoms with Gasteiger partial charge >= 0.3 is 0 Å². The molecule has 4 nitrogen and oxygen atoms in total. The van der Waals surface area contributed by atoms with Crippen molar-refractivity contribution < 1.29 is 9.90 Å². The zero-order chi connectivity index (χ0) is 13.9. The van der Waals surface area contributed by atoms with Gasteiger partial charge in [0.1, 0.15) is 5.75 Å². The minimum atomic E-state index is 0.0643. The molecule has 0 bridgehead atoms. The summed E-state index contributed by atoms with van der Waals surface area (Å²) in [5, 5.41) is 9.61. The van der Waals surface area contributed by atoms with Crippen LogP contribution in [-0.2, 0) is 11.3 Å². The summed E-state index contributed by atoms with van der Waals surface area (Å²) in [6.45, 7) is 1.00. The molecular weight excluding hydrogens is 364 g/mol. The molecule has 0 aliphatic carbocycles. The maximum atomic E-state index is 11.6. The molecule has 0 unspecified atom stereocenters. The molecule has 0 fully saturated rings. The van der Waals surface area contributed by atoms with E-state index in [4.69, 9.17) is 0 Å². The van der Waals surface area contributed by atoms with Crippen molar-refractivity contribution >= 4 is 37.8 Å². The van der Waals surface area contributed by atoms with Crippen molar-refractivity contribution in [3.05, 3.63) is 26.6 Å². The van der Waals surface area contributed by atoms with E-state index in [0.717, 1.165) is 5.56 Å². The van der Waals surface area contributed by atoms with Gasteiger partial charge < -0.3 is 10.0 Å². The molecule has 1 rings (SSSR count). The first-order valence-corrected chi connectivity index (χ1v) is 6.95. The molecule has 0 aliphatic heterocycles. The van der Waals surface area contributed by atoms with Crippen LogP contribution in [0.4, 0.5) is 0 Å². The van der Waals surface area contributed by atoms with E-state index in [9.17, 15) is 9.90 Å². The first-order valence-electron chi connectivity index (χ1n) is 5.37. The van der Waals surface area contributed by atoms with Crippen LogP contribution >= 0.6 is 31.9 Å². The monoisotopic (exact) mass is 378 g/mol. The average Bonchev–Trinajstić information content (AvgIpc) is 2.25. The van der Waals surface area contributed by atoms with Crippen molar-refractivity contribution in [1.82, 2.24) is 9.80 Å². The van der Waals surface area contributed by atoms with E-state index < -0.39 is 0 Å². The van der Waals surface area contributed by atoms with E-state index in [1.165, 1.54) is 0 Å². The van der Waals surface area contributed by atoms with Gasteiger partial charge in [0.15, 0.2) is 0 Å². The molecule has 0 heterocycles. The van der Waals surface area contributed by atoms with Gasteiger partial charge in [-0.25, -0.2) is 0 Å². The second kappa shape index (κ2) is 6.54. The lowest BCUT2D eigenvalue weighted by molar-refractivity contribution is -0.129. The fraction of sp³-hybridized carbons (Fsp3) is 0.417. The molecular formula is C12H16Br2N2O2. The Morgan fingerprint density at radius 3 is 2.17 bits per heavy atom. The maximum absolute atomic E-state index is 11.6. The van der Waals surface area contributed by atoms with E-state index in [1.54, 1.807) is 19.0 Å². The van der Waals surface area contributed by atoms with E-state index in [-0.39, 0.29) is 11.7 Å². The summed E-state index contributed by atoms with van der Waals surface area (Å²) in [5.41, 5.74) is 1.01. The quantitative estimate of drug-likeness (QED) is 0.873. The predicted octanol–water partition coefficient (Wildman–Crippen LogP) is 2.44. The van der Waals surface area contributed by atoms with Gasteiger partial charge in [-0.05, 0) is 56.6 Å². The molecule has 0 radical (unpaired) electrons. The number of carbonyl (C=O) groups excluding carboxylic acids is 1. The lowest BCUT2D eigenvalue weighted by atomic mass is 10.2. The Bertz CT molecular complexity index is 427. The molecule has 0 atom stereocenters. The van der Waals surface area contributed by atoms with E-state index in [1.807, 2.05) is 24.1 Å². The highest BCUT2D eigenvalue weighted by Crippen LogP contribution is 2.33. The number of amides is 1. The Hall–Kier alpha value is -0.590. The summed E-state index contributed by atoms with van der Waals surface area (Å²) in [6, 6.07) is 3.69. The third-order valence-corrected chi connectivity index (χ3v) is 3.64. The summed E-state index contributed by atoms with van der Waals surface area (Å²) < 4.78 is 1.28. The molecule has 100 valence electrons. The fourth-order valence-corrected chi connectivity index (χ4v) is 2.73. The Morgan fingerprint density at radius 1 is 1.22 bits per heavy atom. The molecule has 0 saturated heterocycles. The van der Waals surface area contributed by atoms with Crippen LogP contribution in [0.3, 0.4) is 0 Å². The number of nitrogens with zero attached hydrogens (tertiary/aromatic N) is 2. The van der Waals surface area contributed by atoms with Crippen molar-refractivity contribution in [1.29, 1.82) is 0 Å². The normalized spacial score (nSPS) is 10.8. The highest BCUT2D eigenvalue weighted by Gasteiger charge is 2.11. The number of hydrogen-bond acceptors (Lipinski definition) is 3. The minimum absolute atomic E-state index is 0.0643. The van der Waals surface area contributed by atoms with Gasteiger partial charge in [-0.15, -0.1) is 0 Å². The Balaban J connectivity index is 2.70. The number of phenolic OH excluding ortho intramolecular Hbond substituents is 1. The molecule has 0 spiro atoms. The minimum Gasteiger partial charge on any atom is -0.506 e. The van der Waals surface area contributed by atoms with Crippen LogP contribution in [-0.4, -0.2) is 48.5 Å². The number of hydrogen-bond donors (Lipinski definition) is 1. The van der Waals surface area contributed by atoms with Gasteiger partial charge in [-0.2, -0.15) is 0 Å². The van der Waals surface area contributed by atoms with Crippen LogP contribution in [0, 0.1) is 0 Å². The van der Waals surface area contributed by atoms with Crippen LogP contribution in [0.2, 0.25) is 0 Å². The molecule has 1 aromatic rings. The number of rotatable bonds is 4. The van der Waals surface area contributed by atoms with Crippen molar-refractivity contribution in [3.63, 3.8) is 0 Å². The first-order chi connectivity index (χ1) is 8.31. The van der Waals surface area contributed by atoms with Gasteiger partial charge in [0, 0.05) is 20.6 Å². The molecule has 18 heavy (non-hydrogen) atoms. The number of likely N-dealkylation sites (N-methyl/N-ethyl adjacent to an activating group) is 2. The summed E-state index contributed by atoms with van der Waals surface area (Å²) >= 11 is 6.57. The van der Waals surface area contributed by atoms with E-state index in [0.29, 0.717) is 22.0 Å². The Morgan fingerprint density at radius 2 is 1.72 bits per heavy atom. The third-order valence-electron chi connectivity index (χ3n) is 2.43. The van der Waals surface area contributed by atoms with Crippen molar-refractivity contribution in [2.24, 2.45) is 0 Å². The number of phenols is 1. The van der Waals surface area contributed by atoms with Crippen molar-refractivity contribution in [3.8, 4) is 5.75 Å². The summed E-state index contributed by atoms with van der Waals surface area (Å²) in [4.78, 5) is 15.0. The summed E-state index contributed by atoms with van der Waals surface area (Å²) in [5.74, 6) is 0.250. The topological polar surface area (TPSA) is 43.8 Å².